The first kappa shape index (κ1) is 14.6. The molecule has 0 spiro atoms. The summed E-state index contributed by atoms with van der Waals surface area (Å²) in [5, 5.41) is 12.0. The fourth-order valence-corrected chi connectivity index (χ4v) is 2.98. The van der Waals surface area contributed by atoms with Gasteiger partial charge in [0.25, 0.3) is 0 Å². The zero-order valence-electron chi connectivity index (χ0n) is 13.2. The molecule has 0 unspecified atom stereocenters. The van der Waals surface area contributed by atoms with Crippen LogP contribution in [0.25, 0.3) is 11.1 Å². The number of likely N-dealkylation sites (tertiary alicyclic amines) is 1. The summed E-state index contributed by atoms with van der Waals surface area (Å²) in [7, 11) is 0. The van der Waals surface area contributed by atoms with Crippen LogP contribution in [0.2, 0.25) is 0 Å². The Morgan fingerprint density at radius 3 is 2.55 bits per heavy atom. The number of benzene rings is 1. The van der Waals surface area contributed by atoms with Crippen molar-refractivity contribution in [3.8, 4) is 11.1 Å². The molecule has 0 radical (unpaired) electrons. The van der Waals surface area contributed by atoms with Crippen molar-refractivity contribution in [2.24, 2.45) is 5.73 Å². The minimum atomic E-state index is 0.176. The molecule has 1 saturated heterocycles. The van der Waals surface area contributed by atoms with Crippen LogP contribution in [0.5, 0.6) is 0 Å². The Hall–Kier alpha value is -2.30. The Labute approximate surface area is 131 Å². The van der Waals surface area contributed by atoms with E-state index in [4.69, 9.17) is 11.1 Å². The summed E-state index contributed by atoms with van der Waals surface area (Å²) in [5.41, 5.74) is 10.5. The van der Waals surface area contributed by atoms with Crippen LogP contribution in [0.15, 0.2) is 30.6 Å². The number of nitrogens with two attached hydrogens (primary N) is 1. The molecule has 0 bridgehead atoms. The smallest absolute Gasteiger partial charge is 0.188 e. The van der Waals surface area contributed by atoms with Crippen LogP contribution in [0.3, 0.4) is 0 Å². The van der Waals surface area contributed by atoms with E-state index >= 15 is 0 Å². The van der Waals surface area contributed by atoms with Gasteiger partial charge in [-0.25, -0.2) is 0 Å². The van der Waals surface area contributed by atoms with E-state index in [1.54, 1.807) is 0 Å². The maximum atomic E-state index is 7.49. The fourth-order valence-electron chi connectivity index (χ4n) is 2.98. The summed E-state index contributed by atoms with van der Waals surface area (Å²) >= 11 is 0. The van der Waals surface area contributed by atoms with Gasteiger partial charge in [0, 0.05) is 24.8 Å². The third kappa shape index (κ3) is 2.84. The predicted octanol–water partition coefficient (Wildman–Crippen LogP) is 2.70. The van der Waals surface area contributed by atoms with Gasteiger partial charge in [-0.3, -0.25) is 10.1 Å². The van der Waals surface area contributed by atoms with Crippen molar-refractivity contribution in [2.45, 2.75) is 32.7 Å². The van der Waals surface area contributed by atoms with E-state index in [-0.39, 0.29) is 5.96 Å². The lowest BCUT2D eigenvalue weighted by Crippen LogP contribution is -2.42. The van der Waals surface area contributed by atoms with Crippen LogP contribution >= 0.6 is 0 Å². The number of hydrogen-bond donors (Lipinski definition) is 2. The van der Waals surface area contributed by atoms with E-state index in [9.17, 15) is 0 Å². The standard InChI is InChI=1S/C17H23N5/c1-12-3-4-14(9-13(12)2)15-10-20-22(11-15)16-5-7-21(8-6-16)17(18)19/h3-4,9-11,16H,5-8H2,1-2H3,(H3,18,19). The Morgan fingerprint density at radius 2 is 1.91 bits per heavy atom. The normalized spacial score (nSPS) is 16.0. The van der Waals surface area contributed by atoms with Gasteiger partial charge < -0.3 is 10.6 Å². The molecule has 3 N–H and O–H groups in total. The van der Waals surface area contributed by atoms with Crippen LogP contribution in [0, 0.1) is 19.3 Å². The lowest BCUT2D eigenvalue weighted by molar-refractivity contribution is 0.251. The highest BCUT2D eigenvalue weighted by molar-refractivity contribution is 5.74. The van der Waals surface area contributed by atoms with Crippen molar-refractivity contribution in [1.29, 1.82) is 5.41 Å². The molecule has 1 aliphatic rings. The van der Waals surface area contributed by atoms with Gasteiger partial charge in [-0.1, -0.05) is 18.2 Å². The molecule has 0 atom stereocenters. The van der Waals surface area contributed by atoms with Gasteiger partial charge in [0.05, 0.1) is 12.2 Å². The summed E-state index contributed by atoms with van der Waals surface area (Å²) < 4.78 is 2.07. The highest BCUT2D eigenvalue weighted by Crippen LogP contribution is 2.26. The Balaban J connectivity index is 1.74. The molecule has 3 rings (SSSR count). The molecule has 1 fully saturated rings. The number of hydrogen-bond acceptors (Lipinski definition) is 2. The summed E-state index contributed by atoms with van der Waals surface area (Å²) in [6.07, 6.45) is 6.04. The predicted molar refractivity (Wildman–Crippen MR) is 88.9 cm³/mol. The summed E-state index contributed by atoms with van der Waals surface area (Å²) in [6, 6.07) is 6.93. The lowest BCUT2D eigenvalue weighted by atomic mass is 10.0. The van der Waals surface area contributed by atoms with Gasteiger partial charge >= 0.3 is 0 Å². The van der Waals surface area contributed by atoms with Crippen LogP contribution in [0.1, 0.15) is 30.0 Å². The Morgan fingerprint density at radius 1 is 1.18 bits per heavy atom. The molecule has 0 amide bonds. The molecule has 22 heavy (non-hydrogen) atoms. The maximum Gasteiger partial charge on any atom is 0.188 e. The van der Waals surface area contributed by atoms with Crippen LogP contribution in [0.4, 0.5) is 0 Å². The van der Waals surface area contributed by atoms with Gasteiger partial charge in [0.15, 0.2) is 5.96 Å². The summed E-state index contributed by atoms with van der Waals surface area (Å²) in [6.45, 7) is 5.93. The van der Waals surface area contributed by atoms with E-state index in [1.165, 1.54) is 16.7 Å². The maximum absolute atomic E-state index is 7.49. The largest absolute Gasteiger partial charge is 0.370 e. The van der Waals surface area contributed by atoms with Gasteiger partial charge in [0.2, 0.25) is 0 Å². The average molecular weight is 297 g/mol. The van der Waals surface area contributed by atoms with Crippen LogP contribution in [-0.4, -0.2) is 33.7 Å². The monoisotopic (exact) mass is 297 g/mol. The molecule has 116 valence electrons. The Bertz CT molecular complexity index is 680. The minimum Gasteiger partial charge on any atom is -0.370 e. The molecule has 2 aromatic rings. The first-order chi connectivity index (χ1) is 10.5. The van der Waals surface area contributed by atoms with Crippen molar-refractivity contribution in [3.05, 3.63) is 41.7 Å². The first-order valence-electron chi connectivity index (χ1n) is 7.75. The van der Waals surface area contributed by atoms with E-state index < -0.39 is 0 Å². The van der Waals surface area contributed by atoms with E-state index in [0.29, 0.717) is 6.04 Å². The average Bonchev–Trinajstić information content (AvgIpc) is 3.00. The summed E-state index contributed by atoms with van der Waals surface area (Å²) in [4.78, 5) is 1.92. The number of piperidine rings is 1. The van der Waals surface area contributed by atoms with Crippen molar-refractivity contribution in [3.63, 3.8) is 0 Å². The number of aryl methyl sites for hydroxylation is 2. The third-order valence-electron chi connectivity index (χ3n) is 4.62. The molecule has 5 nitrogen and oxygen atoms in total. The van der Waals surface area contributed by atoms with Crippen molar-refractivity contribution in [2.75, 3.05) is 13.1 Å². The molecule has 1 aromatic carbocycles. The number of rotatable bonds is 2. The quantitative estimate of drug-likeness (QED) is 0.661. The van der Waals surface area contributed by atoms with E-state index in [1.807, 2.05) is 11.1 Å². The fraction of sp³-hybridized carbons (Fsp3) is 0.412. The first-order valence-corrected chi connectivity index (χ1v) is 7.75. The zero-order chi connectivity index (χ0) is 15.7. The van der Waals surface area contributed by atoms with Crippen molar-refractivity contribution >= 4 is 5.96 Å². The van der Waals surface area contributed by atoms with Gasteiger partial charge in [-0.05, 0) is 43.4 Å². The second-order valence-electron chi connectivity index (χ2n) is 6.11. The molecule has 2 heterocycles. The van der Waals surface area contributed by atoms with Crippen LogP contribution in [-0.2, 0) is 0 Å². The molecular formula is C17H23N5. The molecule has 0 saturated carbocycles. The minimum absolute atomic E-state index is 0.176. The van der Waals surface area contributed by atoms with E-state index in [2.05, 4.69) is 48.0 Å². The van der Waals surface area contributed by atoms with Crippen LogP contribution < -0.4 is 5.73 Å². The lowest BCUT2D eigenvalue weighted by Gasteiger charge is -2.32. The third-order valence-corrected chi connectivity index (χ3v) is 4.62. The van der Waals surface area contributed by atoms with Crippen molar-refractivity contribution < 1.29 is 0 Å². The second-order valence-corrected chi connectivity index (χ2v) is 6.11. The van der Waals surface area contributed by atoms with Gasteiger partial charge in [-0.2, -0.15) is 5.10 Å². The highest BCUT2D eigenvalue weighted by atomic mass is 15.3. The summed E-state index contributed by atoms with van der Waals surface area (Å²) in [5.74, 6) is 0.176. The number of nitrogens with one attached hydrogen (secondary N) is 1. The molecule has 0 aliphatic carbocycles. The second kappa shape index (κ2) is 5.83. The number of nitrogens with zero attached hydrogens (tertiary/aromatic N) is 3. The molecule has 1 aliphatic heterocycles. The topological polar surface area (TPSA) is 70.9 Å². The number of aromatic nitrogens is 2. The zero-order valence-corrected chi connectivity index (χ0v) is 13.2. The molecular weight excluding hydrogens is 274 g/mol. The van der Waals surface area contributed by atoms with E-state index in [0.717, 1.165) is 31.5 Å². The molecule has 1 aromatic heterocycles. The molecule has 5 heteroatoms. The Kier molecular flexibility index (Phi) is 3.88. The number of guanidine groups is 1. The van der Waals surface area contributed by atoms with Crippen molar-refractivity contribution in [1.82, 2.24) is 14.7 Å². The van der Waals surface area contributed by atoms with Gasteiger partial charge in [-0.15, -0.1) is 0 Å². The highest BCUT2D eigenvalue weighted by Gasteiger charge is 2.21. The SMILES string of the molecule is Cc1ccc(-c2cnn(C3CCN(C(=N)N)CC3)c2)cc1C. The van der Waals surface area contributed by atoms with Gasteiger partial charge in [0.1, 0.15) is 0 Å².